The second-order valence-electron chi connectivity index (χ2n) is 7.12. The summed E-state index contributed by atoms with van der Waals surface area (Å²) in [5, 5.41) is 0. The Kier molecular flexibility index (Phi) is 7.87. The van der Waals surface area contributed by atoms with Gasteiger partial charge >= 0.3 is 0 Å². The molecule has 2 aromatic rings. The van der Waals surface area contributed by atoms with Crippen molar-refractivity contribution in [1.82, 2.24) is 10.9 Å². The van der Waals surface area contributed by atoms with Crippen molar-refractivity contribution in [2.45, 2.75) is 34.1 Å². The summed E-state index contributed by atoms with van der Waals surface area (Å²) in [6.07, 6.45) is 0.937. The predicted molar refractivity (Wildman–Crippen MR) is 108 cm³/mol. The molecule has 0 aromatic heterocycles. The monoisotopic (exact) mass is 384 g/mol. The molecule has 0 aliphatic heterocycles. The number of hydrogen-bond acceptors (Lipinski definition) is 4. The van der Waals surface area contributed by atoms with E-state index in [0.29, 0.717) is 29.6 Å². The van der Waals surface area contributed by atoms with Gasteiger partial charge in [0.2, 0.25) is 0 Å². The molecular weight excluding hydrogens is 356 g/mol. The lowest BCUT2D eigenvalue weighted by atomic mass is 10.1. The average Bonchev–Trinajstić information content (AvgIpc) is 2.65. The highest BCUT2D eigenvalue weighted by molar-refractivity contribution is 5.95. The number of amides is 2. The molecule has 150 valence electrons. The number of hydrazine groups is 1. The molecule has 0 saturated carbocycles. The normalized spacial score (nSPS) is 10.5. The van der Waals surface area contributed by atoms with Crippen LogP contribution < -0.4 is 20.3 Å². The summed E-state index contributed by atoms with van der Waals surface area (Å²) in [7, 11) is 0. The summed E-state index contributed by atoms with van der Waals surface area (Å²) >= 11 is 0. The van der Waals surface area contributed by atoms with Crippen molar-refractivity contribution in [1.29, 1.82) is 0 Å². The van der Waals surface area contributed by atoms with Crippen LogP contribution in [0.5, 0.6) is 11.5 Å². The van der Waals surface area contributed by atoms with Gasteiger partial charge in [-0.2, -0.15) is 0 Å². The molecule has 0 aliphatic rings. The van der Waals surface area contributed by atoms with E-state index < -0.39 is 11.8 Å². The molecule has 6 nitrogen and oxygen atoms in total. The van der Waals surface area contributed by atoms with Crippen molar-refractivity contribution in [3.8, 4) is 11.5 Å². The van der Waals surface area contributed by atoms with Gasteiger partial charge in [-0.05, 0) is 56.0 Å². The fraction of sp³-hybridized carbons (Fsp3) is 0.364. The summed E-state index contributed by atoms with van der Waals surface area (Å²) in [5.74, 6) is 0.940. The Morgan fingerprint density at radius 2 is 1.79 bits per heavy atom. The molecule has 2 rings (SSSR count). The lowest BCUT2D eigenvalue weighted by Gasteiger charge is -2.12. The average molecular weight is 384 g/mol. The second-order valence-corrected chi connectivity index (χ2v) is 7.12. The fourth-order valence-electron chi connectivity index (χ4n) is 2.48. The maximum atomic E-state index is 12.2. The number of aryl methyl sites for hydroxylation is 2. The van der Waals surface area contributed by atoms with Gasteiger partial charge in [0, 0.05) is 5.56 Å². The lowest BCUT2D eigenvalue weighted by Crippen LogP contribution is -2.43. The summed E-state index contributed by atoms with van der Waals surface area (Å²) in [4.78, 5) is 24.2. The van der Waals surface area contributed by atoms with E-state index in [2.05, 4.69) is 24.7 Å². The minimum atomic E-state index is -0.447. The van der Waals surface area contributed by atoms with Crippen LogP contribution in [0.1, 0.15) is 41.8 Å². The number of ether oxygens (including phenoxy) is 2. The Hall–Kier alpha value is -3.02. The van der Waals surface area contributed by atoms with Gasteiger partial charge in [0.1, 0.15) is 11.5 Å². The first-order valence-corrected chi connectivity index (χ1v) is 9.37. The van der Waals surface area contributed by atoms with Gasteiger partial charge < -0.3 is 9.47 Å². The Morgan fingerprint density at radius 1 is 1.00 bits per heavy atom. The van der Waals surface area contributed by atoms with E-state index in [-0.39, 0.29) is 6.61 Å². The first kappa shape index (κ1) is 21.3. The largest absolute Gasteiger partial charge is 0.494 e. The zero-order chi connectivity index (χ0) is 20.5. The first-order valence-electron chi connectivity index (χ1n) is 9.37. The van der Waals surface area contributed by atoms with Crippen LogP contribution in [0, 0.1) is 19.8 Å². The summed E-state index contributed by atoms with van der Waals surface area (Å²) in [6.45, 7) is 8.55. The van der Waals surface area contributed by atoms with Crippen LogP contribution in [0.25, 0.3) is 0 Å². The molecule has 0 saturated heterocycles. The summed E-state index contributed by atoms with van der Waals surface area (Å²) in [6, 6.07) is 12.6. The first-order chi connectivity index (χ1) is 13.3. The molecule has 0 radical (unpaired) electrons. The molecule has 28 heavy (non-hydrogen) atoms. The van der Waals surface area contributed by atoms with Crippen molar-refractivity contribution in [2.24, 2.45) is 5.92 Å². The van der Waals surface area contributed by atoms with Crippen LogP contribution in [-0.4, -0.2) is 25.0 Å². The molecule has 6 heteroatoms. The molecule has 0 spiro atoms. The molecule has 0 atom stereocenters. The van der Waals surface area contributed by atoms with E-state index in [1.165, 1.54) is 0 Å². The summed E-state index contributed by atoms with van der Waals surface area (Å²) in [5.41, 5.74) is 7.21. The van der Waals surface area contributed by atoms with E-state index in [1.807, 2.05) is 32.0 Å². The lowest BCUT2D eigenvalue weighted by molar-refractivity contribution is -0.123. The number of carbonyl (C=O) groups excluding carboxylic acids is 2. The Labute approximate surface area is 166 Å². The second kappa shape index (κ2) is 10.3. The van der Waals surface area contributed by atoms with Crippen molar-refractivity contribution < 1.29 is 19.1 Å². The Bertz CT molecular complexity index is 818. The van der Waals surface area contributed by atoms with Crippen LogP contribution >= 0.6 is 0 Å². The van der Waals surface area contributed by atoms with Crippen molar-refractivity contribution in [3.63, 3.8) is 0 Å². The maximum Gasteiger partial charge on any atom is 0.276 e. The predicted octanol–water partition coefficient (Wildman–Crippen LogP) is 3.57. The van der Waals surface area contributed by atoms with Gasteiger partial charge in [-0.25, -0.2) is 0 Å². The van der Waals surface area contributed by atoms with Crippen LogP contribution in [0.4, 0.5) is 0 Å². The number of rotatable bonds is 8. The van der Waals surface area contributed by atoms with Gasteiger partial charge in [-0.15, -0.1) is 0 Å². The Balaban J connectivity index is 1.80. The molecule has 0 heterocycles. The fourth-order valence-corrected chi connectivity index (χ4v) is 2.48. The molecule has 2 aromatic carbocycles. The van der Waals surface area contributed by atoms with Crippen molar-refractivity contribution in [2.75, 3.05) is 13.2 Å². The molecule has 0 unspecified atom stereocenters. The van der Waals surface area contributed by atoms with E-state index in [4.69, 9.17) is 9.47 Å². The minimum Gasteiger partial charge on any atom is -0.494 e. The van der Waals surface area contributed by atoms with E-state index in [9.17, 15) is 9.59 Å². The third-order valence-corrected chi connectivity index (χ3v) is 4.06. The van der Waals surface area contributed by atoms with Crippen LogP contribution in [0.2, 0.25) is 0 Å². The molecule has 0 bridgehead atoms. The van der Waals surface area contributed by atoms with E-state index in [1.54, 1.807) is 24.3 Å². The standard InChI is InChI=1S/C22H28N2O4/c1-15(2)10-11-27-19-7-5-6-18(13-19)22(26)24-23-21(25)14-28-20-9-8-16(3)12-17(20)4/h5-9,12-13,15H,10-11,14H2,1-4H3,(H,23,25)(H,24,26). The zero-order valence-electron chi connectivity index (χ0n) is 16.9. The maximum absolute atomic E-state index is 12.2. The van der Waals surface area contributed by atoms with Gasteiger partial charge in [0.25, 0.3) is 11.8 Å². The number of nitrogens with one attached hydrogen (secondary N) is 2. The third kappa shape index (κ3) is 6.95. The van der Waals surface area contributed by atoms with E-state index in [0.717, 1.165) is 17.5 Å². The highest BCUT2D eigenvalue weighted by Crippen LogP contribution is 2.18. The SMILES string of the molecule is Cc1ccc(OCC(=O)NNC(=O)c2cccc(OCCC(C)C)c2)c(C)c1. The van der Waals surface area contributed by atoms with Gasteiger partial charge in [0.15, 0.2) is 6.61 Å². The zero-order valence-corrected chi connectivity index (χ0v) is 16.9. The van der Waals surface area contributed by atoms with Gasteiger partial charge in [0.05, 0.1) is 6.61 Å². The minimum absolute atomic E-state index is 0.192. The van der Waals surface area contributed by atoms with Crippen LogP contribution in [0.15, 0.2) is 42.5 Å². The Morgan fingerprint density at radius 3 is 2.50 bits per heavy atom. The third-order valence-electron chi connectivity index (χ3n) is 4.06. The topological polar surface area (TPSA) is 76.7 Å². The van der Waals surface area contributed by atoms with Gasteiger partial charge in [-0.1, -0.05) is 37.6 Å². The quantitative estimate of drug-likeness (QED) is 0.682. The smallest absolute Gasteiger partial charge is 0.276 e. The number of hydrogen-bond donors (Lipinski definition) is 2. The van der Waals surface area contributed by atoms with Crippen molar-refractivity contribution >= 4 is 11.8 Å². The van der Waals surface area contributed by atoms with Gasteiger partial charge in [-0.3, -0.25) is 20.4 Å². The van der Waals surface area contributed by atoms with Crippen molar-refractivity contribution in [3.05, 3.63) is 59.2 Å². The number of carbonyl (C=O) groups is 2. The molecule has 0 aliphatic carbocycles. The highest BCUT2D eigenvalue weighted by atomic mass is 16.5. The molecule has 2 amide bonds. The van der Waals surface area contributed by atoms with Crippen LogP contribution in [0.3, 0.4) is 0 Å². The van der Waals surface area contributed by atoms with Crippen LogP contribution in [-0.2, 0) is 4.79 Å². The molecular formula is C22H28N2O4. The van der Waals surface area contributed by atoms with E-state index >= 15 is 0 Å². The highest BCUT2D eigenvalue weighted by Gasteiger charge is 2.10. The molecule has 2 N–H and O–H groups in total. The molecule has 0 fully saturated rings. The number of benzene rings is 2. The summed E-state index contributed by atoms with van der Waals surface area (Å²) < 4.78 is 11.1.